The van der Waals surface area contributed by atoms with E-state index in [1.54, 1.807) is 0 Å². The highest BCUT2D eigenvalue weighted by Crippen LogP contribution is 2.37. The lowest BCUT2D eigenvalue weighted by atomic mass is 10.0. The number of hydrogen-bond donors (Lipinski definition) is 0. The monoisotopic (exact) mass is 682 g/mol. The van der Waals surface area contributed by atoms with Crippen molar-refractivity contribution in [2.45, 2.75) is 19.8 Å². The van der Waals surface area contributed by atoms with Gasteiger partial charge in [0.25, 0.3) is 0 Å². The molecule has 3 aromatic heterocycles. The Morgan fingerprint density at radius 1 is 0.434 bits per heavy atom. The highest BCUT2D eigenvalue weighted by Gasteiger charge is 2.19. The molecule has 0 atom stereocenters. The number of fused-ring (bicyclic) bond motifs is 6. The Bertz CT molecular complexity index is 2940. The van der Waals surface area contributed by atoms with Gasteiger partial charge < -0.3 is 4.42 Å². The van der Waals surface area contributed by atoms with Gasteiger partial charge in [0.2, 0.25) is 5.95 Å². The molecule has 0 bridgehead atoms. The van der Waals surface area contributed by atoms with Gasteiger partial charge in [-0.1, -0.05) is 147 Å². The zero-order chi connectivity index (χ0) is 35.3. The summed E-state index contributed by atoms with van der Waals surface area (Å²) in [7, 11) is 0. The smallest absolute Gasteiger partial charge is 0.238 e. The number of aryl methyl sites for hydroxylation is 1. The van der Waals surface area contributed by atoms with Gasteiger partial charge >= 0.3 is 0 Å². The van der Waals surface area contributed by atoms with Gasteiger partial charge in [-0.25, -0.2) is 4.98 Å². The molecule has 0 aliphatic carbocycles. The van der Waals surface area contributed by atoms with Crippen molar-refractivity contribution in [1.82, 2.24) is 19.5 Å². The molecule has 0 amide bonds. The third-order valence-corrected chi connectivity index (χ3v) is 10.2. The second kappa shape index (κ2) is 12.7. The molecule has 0 unspecified atom stereocenters. The quantitative estimate of drug-likeness (QED) is 0.168. The number of hydrogen-bond acceptors (Lipinski definition) is 4. The first kappa shape index (κ1) is 30.9. The van der Waals surface area contributed by atoms with E-state index in [1.165, 1.54) is 11.1 Å². The first-order valence-corrected chi connectivity index (χ1v) is 18.2. The Morgan fingerprint density at radius 2 is 1.02 bits per heavy atom. The summed E-state index contributed by atoms with van der Waals surface area (Å²) in [5.41, 5.74) is 11.6. The van der Waals surface area contributed by atoms with E-state index in [1.807, 2.05) is 36.4 Å². The van der Waals surface area contributed by atoms with Crippen LogP contribution in [0.4, 0.5) is 0 Å². The first-order valence-electron chi connectivity index (χ1n) is 18.2. The maximum Gasteiger partial charge on any atom is 0.238 e. The predicted octanol–water partition coefficient (Wildman–Crippen LogP) is 12.5. The molecule has 0 aliphatic rings. The number of aromatic nitrogens is 4. The van der Waals surface area contributed by atoms with Crippen molar-refractivity contribution in [2.75, 3.05) is 0 Å². The molecule has 7 aromatic carbocycles. The predicted molar refractivity (Wildman–Crippen MR) is 217 cm³/mol. The zero-order valence-corrected chi connectivity index (χ0v) is 29.2. The Kier molecular flexibility index (Phi) is 7.43. The summed E-state index contributed by atoms with van der Waals surface area (Å²) in [6.07, 6.45) is 2.15. The van der Waals surface area contributed by atoms with Crippen molar-refractivity contribution in [1.29, 1.82) is 0 Å². The molecule has 0 N–H and O–H groups in total. The zero-order valence-electron chi connectivity index (χ0n) is 29.2. The molecular formula is C48H34N4O. The van der Waals surface area contributed by atoms with Crippen LogP contribution >= 0.6 is 0 Å². The van der Waals surface area contributed by atoms with Crippen LogP contribution in [0.5, 0.6) is 0 Å². The molecule has 10 aromatic rings. The van der Waals surface area contributed by atoms with Gasteiger partial charge in [0.1, 0.15) is 11.2 Å². The average molecular weight is 683 g/mol. The summed E-state index contributed by atoms with van der Waals surface area (Å²) < 4.78 is 8.50. The second-order valence-electron chi connectivity index (χ2n) is 13.6. The van der Waals surface area contributed by atoms with Gasteiger partial charge in [0.15, 0.2) is 11.6 Å². The normalized spacial score (nSPS) is 11.6. The summed E-state index contributed by atoms with van der Waals surface area (Å²) in [5.74, 6) is 1.82. The molecule has 0 spiro atoms. The Morgan fingerprint density at radius 3 is 1.79 bits per heavy atom. The molecule has 0 aliphatic heterocycles. The number of benzene rings is 7. The summed E-state index contributed by atoms with van der Waals surface area (Å²) >= 11 is 0. The molecule has 0 saturated carbocycles. The van der Waals surface area contributed by atoms with E-state index in [4.69, 9.17) is 19.4 Å². The van der Waals surface area contributed by atoms with Crippen LogP contribution in [0.15, 0.2) is 168 Å². The van der Waals surface area contributed by atoms with Crippen LogP contribution in [0, 0.1) is 0 Å². The summed E-state index contributed by atoms with van der Waals surface area (Å²) in [6, 6.07) is 57.3. The van der Waals surface area contributed by atoms with Crippen molar-refractivity contribution in [3.63, 3.8) is 0 Å². The summed E-state index contributed by atoms with van der Waals surface area (Å²) in [4.78, 5) is 15.4. The van der Waals surface area contributed by atoms with Gasteiger partial charge in [-0.3, -0.25) is 4.57 Å². The minimum absolute atomic E-state index is 0.573. The van der Waals surface area contributed by atoms with Gasteiger partial charge in [-0.2, -0.15) is 9.97 Å². The fraction of sp³-hybridized carbons (Fsp3) is 0.0625. The molecular weight excluding hydrogens is 649 g/mol. The van der Waals surface area contributed by atoms with Gasteiger partial charge in [-0.15, -0.1) is 0 Å². The van der Waals surface area contributed by atoms with Crippen molar-refractivity contribution in [2.24, 2.45) is 0 Å². The van der Waals surface area contributed by atoms with E-state index < -0.39 is 0 Å². The standard InChI is InChI=1S/C48H34N4O/c1-2-11-31-18-25-40-41-29-36(24-27-44(41)53-45(40)28-31)37-23-26-39-38-16-9-10-17-42(38)52(43(39)30-37)48-50-46(34-14-7-4-8-15-34)49-47(51-48)35-21-19-33(20-22-35)32-12-5-3-6-13-32/h3-10,12-30H,2,11H2,1H3. The molecule has 0 fully saturated rings. The van der Waals surface area contributed by atoms with Crippen molar-refractivity contribution >= 4 is 43.7 Å². The van der Waals surface area contributed by atoms with Crippen LogP contribution in [0.1, 0.15) is 18.9 Å². The number of nitrogens with zero attached hydrogens (tertiary/aromatic N) is 4. The first-order chi connectivity index (χ1) is 26.2. The summed E-state index contributed by atoms with van der Waals surface area (Å²) in [5, 5.41) is 4.54. The lowest BCUT2D eigenvalue weighted by Gasteiger charge is -2.12. The fourth-order valence-corrected chi connectivity index (χ4v) is 7.56. The van der Waals surface area contributed by atoms with E-state index >= 15 is 0 Å². The van der Waals surface area contributed by atoms with E-state index in [0.29, 0.717) is 17.6 Å². The van der Waals surface area contributed by atoms with E-state index in [2.05, 4.69) is 139 Å². The summed E-state index contributed by atoms with van der Waals surface area (Å²) in [6.45, 7) is 2.21. The van der Waals surface area contributed by atoms with Crippen LogP contribution in [0.3, 0.4) is 0 Å². The Hall–Kier alpha value is -6.85. The maximum absolute atomic E-state index is 6.32. The average Bonchev–Trinajstić information content (AvgIpc) is 3.76. The van der Waals surface area contributed by atoms with Crippen LogP contribution in [-0.4, -0.2) is 19.5 Å². The number of para-hydroxylation sites is 1. The molecule has 10 rings (SSSR count). The lowest BCUT2D eigenvalue weighted by molar-refractivity contribution is 0.668. The molecule has 5 heteroatoms. The Labute approximate surface area is 306 Å². The molecule has 0 radical (unpaired) electrons. The maximum atomic E-state index is 6.32. The molecule has 53 heavy (non-hydrogen) atoms. The number of rotatable bonds is 7. The van der Waals surface area contributed by atoms with Crippen LogP contribution in [-0.2, 0) is 6.42 Å². The largest absolute Gasteiger partial charge is 0.456 e. The third-order valence-electron chi connectivity index (χ3n) is 10.2. The highest BCUT2D eigenvalue weighted by molar-refractivity contribution is 6.11. The van der Waals surface area contributed by atoms with Crippen molar-refractivity contribution < 1.29 is 4.42 Å². The van der Waals surface area contributed by atoms with Crippen LogP contribution in [0.25, 0.3) is 94.7 Å². The Balaban J connectivity index is 1.15. The van der Waals surface area contributed by atoms with Crippen molar-refractivity contribution in [3.05, 3.63) is 169 Å². The molecule has 252 valence electrons. The van der Waals surface area contributed by atoms with Gasteiger partial charge in [-0.05, 0) is 64.6 Å². The van der Waals surface area contributed by atoms with Crippen molar-refractivity contribution in [3.8, 4) is 51.0 Å². The number of furan rings is 1. The highest BCUT2D eigenvalue weighted by atomic mass is 16.3. The van der Waals surface area contributed by atoms with E-state index in [9.17, 15) is 0 Å². The van der Waals surface area contributed by atoms with Crippen LogP contribution < -0.4 is 0 Å². The van der Waals surface area contributed by atoms with Gasteiger partial charge in [0, 0.05) is 32.7 Å². The molecule has 0 saturated heterocycles. The minimum Gasteiger partial charge on any atom is -0.456 e. The SMILES string of the molecule is CCCc1ccc2c(c1)oc1ccc(-c3ccc4c5ccccc5n(-c5nc(-c6ccccc6)nc(-c6ccc(-c7ccccc7)cc6)n5)c4c3)cc12. The molecule has 3 heterocycles. The third kappa shape index (κ3) is 5.45. The van der Waals surface area contributed by atoms with Crippen LogP contribution in [0.2, 0.25) is 0 Å². The lowest BCUT2D eigenvalue weighted by Crippen LogP contribution is -2.06. The second-order valence-corrected chi connectivity index (χ2v) is 13.6. The topological polar surface area (TPSA) is 56.7 Å². The van der Waals surface area contributed by atoms with Gasteiger partial charge in [0.05, 0.1) is 11.0 Å². The fourth-order valence-electron chi connectivity index (χ4n) is 7.56. The minimum atomic E-state index is 0.573. The van der Waals surface area contributed by atoms with E-state index in [0.717, 1.165) is 84.4 Å². The molecule has 5 nitrogen and oxygen atoms in total. The van der Waals surface area contributed by atoms with E-state index in [-0.39, 0.29) is 0 Å².